The zero-order valence-electron chi connectivity index (χ0n) is 11.0. The van der Waals surface area contributed by atoms with Crippen LogP contribution in [0.2, 0.25) is 0 Å². The summed E-state index contributed by atoms with van der Waals surface area (Å²) in [6.07, 6.45) is 3.04. The van der Waals surface area contributed by atoms with Crippen molar-refractivity contribution in [3.05, 3.63) is 41.5 Å². The number of benzene rings is 1. The summed E-state index contributed by atoms with van der Waals surface area (Å²) in [7, 11) is 0. The molecule has 0 aliphatic carbocycles. The summed E-state index contributed by atoms with van der Waals surface area (Å²) in [4.78, 5) is 4.47. The number of anilines is 1. The van der Waals surface area contributed by atoms with Gasteiger partial charge in [-0.25, -0.2) is 4.98 Å². The summed E-state index contributed by atoms with van der Waals surface area (Å²) >= 11 is 0. The average molecular weight is 244 g/mol. The van der Waals surface area contributed by atoms with Crippen LogP contribution < -0.4 is 5.73 Å². The maximum Gasteiger partial charge on any atom is 0.153 e. The van der Waals surface area contributed by atoms with Crippen LogP contribution in [0.3, 0.4) is 0 Å². The van der Waals surface area contributed by atoms with Crippen molar-refractivity contribution in [3.8, 4) is 0 Å². The van der Waals surface area contributed by atoms with E-state index in [0.717, 1.165) is 36.6 Å². The topological polar surface area (TPSA) is 67.6 Å². The van der Waals surface area contributed by atoms with Crippen LogP contribution in [-0.4, -0.2) is 15.2 Å². The molecule has 0 spiro atoms. The van der Waals surface area contributed by atoms with Crippen molar-refractivity contribution >= 4 is 5.69 Å². The van der Waals surface area contributed by atoms with E-state index in [0.29, 0.717) is 5.92 Å². The Bertz CT molecular complexity index is 485. The van der Waals surface area contributed by atoms with E-state index in [1.807, 2.05) is 12.1 Å². The minimum absolute atomic E-state index is 0.382. The number of aryl methyl sites for hydroxylation is 2. The number of rotatable bonds is 5. The lowest BCUT2D eigenvalue weighted by molar-refractivity contribution is 0.768. The van der Waals surface area contributed by atoms with Gasteiger partial charge in [0.15, 0.2) is 5.82 Å². The molecule has 0 saturated carbocycles. The monoisotopic (exact) mass is 244 g/mol. The summed E-state index contributed by atoms with van der Waals surface area (Å²) in [5, 5.41) is 7.20. The van der Waals surface area contributed by atoms with Crippen LogP contribution in [0, 0.1) is 0 Å². The van der Waals surface area contributed by atoms with Crippen LogP contribution in [0.5, 0.6) is 0 Å². The molecule has 1 heterocycles. The standard InChI is InChI=1S/C14H20N4/c1-10(2)14-16-13(17-18-14)5-3-4-11-6-8-12(15)9-7-11/h6-10H,3-5,15H2,1-2H3,(H,16,17,18). The summed E-state index contributed by atoms with van der Waals surface area (Å²) in [6, 6.07) is 8.05. The minimum Gasteiger partial charge on any atom is -0.399 e. The molecule has 0 aliphatic rings. The molecule has 0 amide bonds. The van der Waals surface area contributed by atoms with Crippen molar-refractivity contribution in [2.24, 2.45) is 0 Å². The molecular formula is C14H20N4. The molecule has 0 fully saturated rings. The molecule has 4 heteroatoms. The lowest BCUT2D eigenvalue weighted by atomic mass is 10.1. The molecule has 0 unspecified atom stereocenters. The molecule has 0 bridgehead atoms. The summed E-state index contributed by atoms with van der Waals surface area (Å²) in [6.45, 7) is 4.20. The second kappa shape index (κ2) is 5.67. The molecule has 3 N–H and O–H groups in total. The highest BCUT2D eigenvalue weighted by Crippen LogP contribution is 2.11. The van der Waals surface area contributed by atoms with Gasteiger partial charge in [0.1, 0.15) is 5.82 Å². The van der Waals surface area contributed by atoms with Gasteiger partial charge in [0.25, 0.3) is 0 Å². The lowest BCUT2D eigenvalue weighted by Gasteiger charge is -2.00. The Hall–Kier alpha value is -1.84. The third-order valence-electron chi connectivity index (χ3n) is 2.92. The Labute approximate surface area is 108 Å². The number of hydrogen-bond donors (Lipinski definition) is 2. The van der Waals surface area contributed by atoms with Gasteiger partial charge >= 0.3 is 0 Å². The van der Waals surface area contributed by atoms with E-state index in [1.54, 1.807) is 0 Å². The van der Waals surface area contributed by atoms with Gasteiger partial charge in [0.05, 0.1) is 0 Å². The molecule has 4 nitrogen and oxygen atoms in total. The van der Waals surface area contributed by atoms with Crippen LogP contribution >= 0.6 is 0 Å². The maximum absolute atomic E-state index is 5.65. The second-order valence-corrected chi connectivity index (χ2v) is 4.89. The number of nitrogens with two attached hydrogens (primary N) is 1. The Morgan fingerprint density at radius 2 is 1.89 bits per heavy atom. The van der Waals surface area contributed by atoms with Gasteiger partial charge < -0.3 is 5.73 Å². The third-order valence-corrected chi connectivity index (χ3v) is 2.92. The van der Waals surface area contributed by atoms with Gasteiger partial charge in [-0.3, -0.25) is 5.10 Å². The molecule has 1 aromatic carbocycles. The third kappa shape index (κ3) is 3.32. The second-order valence-electron chi connectivity index (χ2n) is 4.89. The van der Waals surface area contributed by atoms with Gasteiger partial charge in [-0.2, -0.15) is 5.10 Å². The van der Waals surface area contributed by atoms with Crippen molar-refractivity contribution in [1.82, 2.24) is 15.2 Å². The largest absolute Gasteiger partial charge is 0.399 e. The fourth-order valence-electron chi connectivity index (χ4n) is 1.82. The fraction of sp³-hybridized carbons (Fsp3) is 0.429. The van der Waals surface area contributed by atoms with E-state index in [2.05, 4.69) is 41.2 Å². The molecule has 0 saturated heterocycles. The number of aromatic nitrogens is 3. The average Bonchev–Trinajstić information content (AvgIpc) is 2.81. The first-order chi connectivity index (χ1) is 8.65. The number of nitrogens with zero attached hydrogens (tertiary/aromatic N) is 2. The molecule has 18 heavy (non-hydrogen) atoms. The van der Waals surface area contributed by atoms with Gasteiger partial charge in [0, 0.05) is 18.0 Å². The molecule has 96 valence electrons. The molecule has 0 aliphatic heterocycles. The zero-order chi connectivity index (χ0) is 13.0. The van der Waals surface area contributed by atoms with E-state index >= 15 is 0 Å². The van der Waals surface area contributed by atoms with Crippen molar-refractivity contribution in [3.63, 3.8) is 0 Å². The Kier molecular flexibility index (Phi) is 3.97. The van der Waals surface area contributed by atoms with E-state index in [-0.39, 0.29) is 0 Å². The highest BCUT2D eigenvalue weighted by Gasteiger charge is 2.06. The molecule has 2 aromatic rings. The normalized spacial score (nSPS) is 11.1. The summed E-state index contributed by atoms with van der Waals surface area (Å²) < 4.78 is 0. The molecular weight excluding hydrogens is 224 g/mol. The summed E-state index contributed by atoms with van der Waals surface area (Å²) in [5.74, 6) is 2.26. The number of hydrogen-bond acceptors (Lipinski definition) is 3. The SMILES string of the molecule is CC(C)c1n[nH]c(CCCc2ccc(N)cc2)n1. The first-order valence-electron chi connectivity index (χ1n) is 6.40. The minimum atomic E-state index is 0.382. The Morgan fingerprint density at radius 3 is 2.50 bits per heavy atom. The van der Waals surface area contributed by atoms with Crippen LogP contribution in [0.25, 0.3) is 0 Å². The van der Waals surface area contributed by atoms with E-state index in [4.69, 9.17) is 5.73 Å². The first kappa shape index (κ1) is 12.6. The molecule has 1 aromatic heterocycles. The van der Waals surface area contributed by atoms with Crippen LogP contribution in [0.15, 0.2) is 24.3 Å². The predicted molar refractivity (Wildman–Crippen MR) is 73.4 cm³/mol. The lowest BCUT2D eigenvalue weighted by Crippen LogP contribution is -1.94. The fourth-order valence-corrected chi connectivity index (χ4v) is 1.82. The van der Waals surface area contributed by atoms with Crippen LogP contribution in [0.1, 0.15) is 43.4 Å². The maximum atomic E-state index is 5.65. The van der Waals surface area contributed by atoms with Gasteiger partial charge in [-0.1, -0.05) is 26.0 Å². The van der Waals surface area contributed by atoms with Crippen molar-refractivity contribution in [2.45, 2.75) is 39.0 Å². The molecule has 2 rings (SSSR count). The Balaban J connectivity index is 1.82. The predicted octanol–water partition coefficient (Wildman–Crippen LogP) is 2.69. The van der Waals surface area contributed by atoms with E-state index in [1.165, 1.54) is 5.56 Å². The van der Waals surface area contributed by atoms with Crippen molar-refractivity contribution in [1.29, 1.82) is 0 Å². The quantitative estimate of drug-likeness (QED) is 0.795. The summed E-state index contributed by atoms with van der Waals surface area (Å²) in [5.41, 5.74) is 7.78. The zero-order valence-corrected chi connectivity index (χ0v) is 11.0. The highest BCUT2D eigenvalue weighted by molar-refractivity contribution is 5.39. The van der Waals surface area contributed by atoms with Crippen LogP contribution in [0.4, 0.5) is 5.69 Å². The van der Waals surface area contributed by atoms with Gasteiger partial charge in [0.2, 0.25) is 0 Å². The number of nitrogens with one attached hydrogen (secondary N) is 1. The number of H-pyrrole nitrogens is 1. The van der Waals surface area contributed by atoms with Crippen LogP contribution in [-0.2, 0) is 12.8 Å². The number of aromatic amines is 1. The molecule has 0 atom stereocenters. The van der Waals surface area contributed by atoms with E-state index in [9.17, 15) is 0 Å². The Morgan fingerprint density at radius 1 is 1.17 bits per heavy atom. The van der Waals surface area contributed by atoms with Gasteiger partial charge in [-0.05, 0) is 30.5 Å². The first-order valence-corrected chi connectivity index (χ1v) is 6.40. The number of nitrogen functional groups attached to an aromatic ring is 1. The molecule has 0 radical (unpaired) electrons. The van der Waals surface area contributed by atoms with Crippen molar-refractivity contribution in [2.75, 3.05) is 5.73 Å². The smallest absolute Gasteiger partial charge is 0.153 e. The van der Waals surface area contributed by atoms with Gasteiger partial charge in [-0.15, -0.1) is 0 Å². The highest BCUT2D eigenvalue weighted by atomic mass is 15.2. The van der Waals surface area contributed by atoms with Crippen molar-refractivity contribution < 1.29 is 0 Å². The van der Waals surface area contributed by atoms with E-state index < -0.39 is 0 Å².